The molecule has 1 aromatic heterocycles. The molecule has 0 saturated heterocycles. The zero-order chi connectivity index (χ0) is 11.4. The van der Waals surface area contributed by atoms with Gasteiger partial charge in [-0.05, 0) is 28.9 Å². The van der Waals surface area contributed by atoms with Gasteiger partial charge in [0.1, 0.15) is 6.04 Å². The molecule has 82 valence electrons. The van der Waals surface area contributed by atoms with Crippen molar-refractivity contribution in [1.29, 1.82) is 0 Å². The molecular weight excluding hydrogens is 280 g/mol. The minimum Gasteiger partial charge on any atom is -0.357 e. The monoisotopic (exact) mass is 290 g/mol. The standard InChI is InChI=1S/C9H11BrN2O2S/c1-5(8(13)11-2)12-9(14)6-3-7(10)15-4-6/h3-5H,1-2H3,(H,11,13)(H,12,14). The summed E-state index contributed by atoms with van der Waals surface area (Å²) < 4.78 is 0.889. The zero-order valence-electron chi connectivity index (χ0n) is 8.33. The molecule has 0 fully saturated rings. The Morgan fingerprint density at radius 2 is 2.20 bits per heavy atom. The van der Waals surface area contributed by atoms with Crippen LogP contribution >= 0.6 is 27.3 Å². The number of rotatable bonds is 3. The molecule has 1 atom stereocenters. The van der Waals surface area contributed by atoms with Crippen LogP contribution in [0.4, 0.5) is 0 Å². The van der Waals surface area contributed by atoms with Gasteiger partial charge in [0.25, 0.3) is 5.91 Å². The zero-order valence-corrected chi connectivity index (χ0v) is 10.7. The first-order chi connectivity index (χ1) is 7.04. The van der Waals surface area contributed by atoms with E-state index in [1.54, 1.807) is 18.4 Å². The topological polar surface area (TPSA) is 58.2 Å². The normalized spacial score (nSPS) is 11.9. The molecule has 0 aromatic carbocycles. The van der Waals surface area contributed by atoms with Crippen molar-refractivity contribution in [2.75, 3.05) is 7.05 Å². The summed E-state index contributed by atoms with van der Waals surface area (Å²) in [7, 11) is 1.53. The number of thiophene rings is 1. The number of nitrogens with one attached hydrogen (secondary N) is 2. The Kier molecular flexibility index (Phi) is 4.28. The van der Waals surface area contributed by atoms with Gasteiger partial charge >= 0.3 is 0 Å². The number of carbonyl (C=O) groups is 2. The lowest BCUT2D eigenvalue weighted by Crippen LogP contribution is -2.43. The third-order valence-electron chi connectivity index (χ3n) is 1.82. The predicted molar refractivity (Wildman–Crippen MR) is 63.0 cm³/mol. The molecule has 0 aliphatic heterocycles. The van der Waals surface area contributed by atoms with Crippen molar-refractivity contribution in [3.8, 4) is 0 Å². The van der Waals surface area contributed by atoms with E-state index in [0.29, 0.717) is 5.56 Å². The Bertz CT molecular complexity index is 378. The summed E-state index contributed by atoms with van der Waals surface area (Å²) in [6.07, 6.45) is 0. The molecular formula is C9H11BrN2O2S. The molecule has 0 saturated carbocycles. The summed E-state index contributed by atoms with van der Waals surface area (Å²) >= 11 is 4.70. The first-order valence-electron chi connectivity index (χ1n) is 4.31. The van der Waals surface area contributed by atoms with Gasteiger partial charge in [0.2, 0.25) is 5.91 Å². The minimum absolute atomic E-state index is 0.211. The van der Waals surface area contributed by atoms with Crippen LogP contribution in [-0.2, 0) is 4.79 Å². The van der Waals surface area contributed by atoms with Crippen molar-refractivity contribution in [2.45, 2.75) is 13.0 Å². The van der Waals surface area contributed by atoms with Crippen LogP contribution in [0.1, 0.15) is 17.3 Å². The molecule has 15 heavy (non-hydrogen) atoms. The maximum atomic E-state index is 11.6. The molecule has 0 spiro atoms. The van der Waals surface area contributed by atoms with Crippen LogP contribution in [-0.4, -0.2) is 24.9 Å². The average molecular weight is 291 g/mol. The molecule has 2 amide bonds. The maximum absolute atomic E-state index is 11.6. The number of amides is 2. The number of carbonyl (C=O) groups excluding carboxylic acids is 2. The average Bonchev–Trinajstić information content (AvgIpc) is 2.63. The van der Waals surface area contributed by atoms with Crippen molar-refractivity contribution in [2.24, 2.45) is 0 Å². The van der Waals surface area contributed by atoms with Crippen molar-refractivity contribution in [3.63, 3.8) is 0 Å². The molecule has 1 unspecified atom stereocenters. The van der Waals surface area contributed by atoms with Crippen molar-refractivity contribution >= 4 is 39.1 Å². The molecule has 4 nitrogen and oxygen atoms in total. The second-order valence-electron chi connectivity index (χ2n) is 2.95. The Morgan fingerprint density at radius 1 is 1.53 bits per heavy atom. The van der Waals surface area contributed by atoms with E-state index >= 15 is 0 Å². The fourth-order valence-corrected chi connectivity index (χ4v) is 2.13. The highest BCUT2D eigenvalue weighted by molar-refractivity contribution is 9.11. The molecule has 0 bridgehead atoms. The molecule has 0 radical (unpaired) electrons. The summed E-state index contributed by atoms with van der Waals surface area (Å²) in [5, 5.41) is 6.79. The van der Waals surface area contributed by atoms with Gasteiger partial charge in [-0.2, -0.15) is 0 Å². The van der Waals surface area contributed by atoms with E-state index in [1.807, 2.05) is 0 Å². The number of halogens is 1. The lowest BCUT2D eigenvalue weighted by atomic mass is 10.2. The molecule has 0 aliphatic rings. The number of hydrogen-bond donors (Lipinski definition) is 2. The van der Waals surface area contributed by atoms with E-state index in [0.717, 1.165) is 3.79 Å². The molecule has 1 heterocycles. The summed E-state index contributed by atoms with van der Waals surface area (Å²) in [6, 6.07) is 1.19. The Morgan fingerprint density at radius 3 is 2.67 bits per heavy atom. The van der Waals surface area contributed by atoms with Crippen molar-refractivity contribution in [3.05, 3.63) is 20.8 Å². The van der Waals surface area contributed by atoms with Gasteiger partial charge in [-0.1, -0.05) is 0 Å². The maximum Gasteiger partial charge on any atom is 0.252 e. The molecule has 6 heteroatoms. The molecule has 1 aromatic rings. The van der Waals surface area contributed by atoms with Gasteiger partial charge in [0, 0.05) is 12.4 Å². The van der Waals surface area contributed by atoms with E-state index in [2.05, 4.69) is 26.6 Å². The van der Waals surface area contributed by atoms with Crippen LogP contribution in [0.25, 0.3) is 0 Å². The second kappa shape index (κ2) is 5.27. The number of hydrogen-bond acceptors (Lipinski definition) is 3. The van der Waals surface area contributed by atoms with Crippen molar-refractivity contribution in [1.82, 2.24) is 10.6 Å². The summed E-state index contributed by atoms with van der Waals surface area (Å²) in [6.45, 7) is 1.64. The fourth-order valence-electron chi connectivity index (χ4n) is 0.991. The van der Waals surface area contributed by atoms with E-state index < -0.39 is 6.04 Å². The van der Waals surface area contributed by atoms with Gasteiger partial charge in [-0.15, -0.1) is 11.3 Å². The summed E-state index contributed by atoms with van der Waals surface area (Å²) in [5.41, 5.74) is 0.558. The van der Waals surface area contributed by atoms with Gasteiger partial charge < -0.3 is 10.6 Å². The van der Waals surface area contributed by atoms with Gasteiger partial charge in [0.05, 0.1) is 9.35 Å². The van der Waals surface area contributed by atoms with Crippen LogP contribution in [0.3, 0.4) is 0 Å². The van der Waals surface area contributed by atoms with E-state index in [4.69, 9.17) is 0 Å². The quantitative estimate of drug-likeness (QED) is 0.884. The molecule has 0 aliphatic carbocycles. The SMILES string of the molecule is CNC(=O)C(C)NC(=O)c1csc(Br)c1. The predicted octanol–water partition coefficient (Wildman–Crippen LogP) is 1.37. The van der Waals surface area contributed by atoms with Gasteiger partial charge in [-0.3, -0.25) is 9.59 Å². The third-order valence-corrected chi connectivity index (χ3v) is 3.32. The van der Waals surface area contributed by atoms with Crippen LogP contribution in [0, 0.1) is 0 Å². The van der Waals surface area contributed by atoms with E-state index in [-0.39, 0.29) is 11.8 Å². The lowest BCUT2D eigenvalue weighted by molar-refractivity contribution is -0.122. The number of likely N-dealkylation sites (N-methyl/N-ethyl adjacent to an activating group) is 1. The smallest absolute Gasteiger partial charge is 0.252 e. The summed E-state index contributed by atoms with van der Waals surface area (Å²) in [5.74, 6) is -0.453. The van der Waals surface area contributed by atoms with Crippen molar-refractivity contribution < 1.29 is 9.59 Å². The minimum atomic E-state index is -0.527. The van der Waals surface area contributed by atoms with Crippen LogP contribution in [0.5, 0.6) is 0 Å². The first-order valence-corrected chi connectivity index (χ1v) is 5.98. The molecule has 2 N–H and O–H groups in total. The highest BCUT2D eigenvalue weighted by atomic mass is 79.9. The van der Waals surface area contributed by atoms with E-state index in [9.17, 15) is 9.59 Å². The Labute approximate surface area is 100 Å². The Hall–Kier alpha value is -0.880. The molecule has 1 rings (SSSR count). The van der Waals surface area contributed by atoms with Crippen LogP contribution in [0.15, 0.2) is 15.2 Å². The highest BCUT2D eigenvalue weighted by Crippen LogP contribution is 2.20. The van der Waals surface area contributed by atoms with Gasteiger partial charge in [0.15, 0.2) is 0 Å². The van der Waals surface area contributed by atoms with Crippen LogP contribution in [0.2, 0.25) is 0 Å². The fraction of sp³-hybridized carbons (Fsp3) is 0.333. The van der Waals surface area contributed by atoms with Crippen LogP contribution < -0.4 is 10.6 Å². The van der Waals surface area contributed by atoms with Gasteiger partial charge in [-0.25, -0.2) is 0 Å². The van der Waals surface area contributed by atoms with E-state index in [1.165, 1.54) is 18.4 Å². The Balaban J connectivity index is 2.60. The summed E-state index contributed by atoms with van der Waals surface area (Å²) in [4.78, 5) is 22.7. The highest BCUT2D eigenvalue weighted by Gasteiger charge is 2.15. The first kappa shape index (κ1) is 12.2. The lowest BCUT2D eigenvalue weighted by Gasteiger charge is -2.11. The third kappa shape index (κ3) is 3.32. The second-order valence-corrected chi connectivity index (χ2v) is 5.24. The largest absolute Gasteiger partial charge is 0.357 e.